The molecule has 0 aliphatic rings. The van der Waals surface area contributed by atoms with Crippen molar-refractivity contribution in [1.82, 2.24) is 0 Å². The third-order valence-electron chi connectivity index (χ3n) is 3.96. The minimum absolute atomic E-state index is 0.303. The van der Waals surface area contributed by atoms with Crippen LogP contribution in [0.2, 0.25) is 5.02 Å². The number of benzene rings is 2. The molecule has 1 unspecified atom stereocenters. The van der Waals surface area contributed by atoms with Crippen LogP contribution in [0.4, 0.5) is 0 Å². The molecule has 2 aromatic carbocycles. The number of nitrogens with zero attached hydrogens (tertiary/aromatic N) is 1. The van der Waals surface area contributed by atoms with E-state index in [2.05, 4.69) is 19.1 Å². The van der Waals surface area contributed by atoms with Crippen molar-refractivity contribution < 1.29 is 0 Å². The van der Waals surface area contributed by atoms with E-state index in [1.165, 1.54) is 31.2 Å². The van der Waals surface area contributed by atoms with Crippen molar-refractivity contribution in [2.45, 2.75) is 44.9 Å². The zero-order valence-corrected chi connectivity index (χ0v) is 13.8. The van der Waals surface area contributed by atoms with Gasteiger partial charge in [0.25, 0.3) is 0 Å². The van der Waals surface area contributed by atoms with E-state index < -0.39 is 0 Å². The minimum atomic E-state index is -0.303. The zero-order valence-electron chi connectivity index (χ0n) is 13.1. The lowest BCUT2D eigenvalue weighted by Crippen LogP contribution is -2.00. The van der Waals surface area contributed by atoms with Crippen LogP contribution in [0.1, 0.15) is 55.2 Å². The smallest absolute Gasteiger partial charge is 0.0977 e. The quantitative estimate of drug-likeness (QED) is 0.565. The van der Waals surface area contributed by atoms with Gasteiger partial charge in [-0.3, -0.25) is 0 Å². The molecule has 114 valence electrons. The molecule has 0 saturated carbocycles. The van der Waals surface area contributed by atoms with Crippen LogP contribution in [0.5, 0.6) is 0 Å². The second-order valence-corrected chi connectivity index (χ2v) is 6.05. The lowest BCUT2D eigenvalue weighted by atomic mass is 9.91. The molecule has 0 aliphatic heterocycles. The van der Waals surface area contributed by atoms with Crippen molar-refractivity contribution >= 4 is 11.6 Å². The Hall–Kier alpha value is -1.78. The van der Waals surface area contributed by atoms with Crippen LogP contribution in [-0.2, 0) is 6.42 Å². The molecule has 1 nitrogen and oxygen atoms in total. The summed E-state index contributed by atoms with van der Waals surface area (Å²) >= 11 is 6.44. The average molecular weight is 312 g/mol. The summed E-state index contributed by atoms with van der Waals surface area (Å²) in [7, 11) is 0. The fourth-order valence-electron chi connectivity index (χ4n) is 2.69. The summed E-state index contributed by atoms with van der Waals surface area (Å²) in [6, 6.07) is 18.3. The van der Waals surface area contributed by atoms with Crippen molar-refractivity contribution in [3.63, 3.8) is 0 Å². The van der Waals surface area contributed by atoms with Gasteiger partial charge in [0.1, 0.15) is 0 Å². The highest BCUT2D eigenvalue weighted by Gasteiger charge is 2.16. The summed E-state index contributed by atoms with van der Waals surface area (Å²) < 4.78 is 0. The first-order valence-electron chi connectivity index (χ1n) is 7.99. The molecule has 2 rings (SSSR count). The molecule has 22 heavy (non-hydrogen) atoms. The third kappa shape index (κ3) is 4.36. The second kappa shape index (κ2) is 8.61. The van der Waals surface area contributed by atoms with E-state index in [-0.39, 0.29) is 5.92 Å². The van der Waals surface area contributed by atoms with Crippen molar-refractivity contribution in [2.24, 2.45) is 0 Å². The Labute approximate surface area is 138 Å². The molecule has 0 saturated heterocycles. The van der Waals surface area contributed by atoms with Gasteiger partial charge in [-0.25, -0.2) is 0 Å². The number of rotatable bonds is 7. The van der Waals surface area contributed by atoms with Crippen LogP contribution in [0.3, 0.4) is 0 Å². The number of hydrogen-bond acceptors (Lipinski definition) is 1. The van der Waals surface area contributed by atoms with Gasteiger partial charge < -0.3 is 0 Å². The number of aryl methyl sites for hydroxylation is 1. The van der Waals surface area contributed by atoms with Gasteiger partial charge in [-0.05, 0) is 35.6 Å². The molecule has 0 amide bonds. The maximum atomic E-state index is 9.52. The fourth-order valence-corrected chi connectivity index (χ4v) is 3.00. The Kier molecular flexibility index (Phi) is 6.49. The van der Waals surface area contributed by atoms with Gasteiger partial charge in [-0.1, -0.05) is 80.3 Å². The van der Waals surface area contributed by atoms with Crippen LogP contribution in [-0.4, -0.2) is 0 Å². The maximum absolute atomic E-state index is 9.52. The molecule has 1 atom stereocenters. The average Bonchev–Trinajstić information content (AvgIpc) is 2.55. The first-order chi connectivity index (χ1) is 10.8. The highest BCUT2D eigenvalue weighted by atomic mass is 35.5. The minimum Gasteiger partial charge on any atom is -0.197 e. The summed E-state index contributed by atoms with van der Waals surface area (Å²) in [4.78, 5) is 0. The highest BCUT2D eigenvalue weighted by Crippen LogP contribution is 2.30. The lowest BCUT2D eigenvalue weighted by molar-refractivity contribution is 0.667. The van der Waals surface area contributed by atoms with E-state index in [0.29, 0.717) is 5.02 Å². The normalized spacial score (nSPS) is 11.9. The Balaban J connectivity index is 2.13. The fraction of sp³-hybridized carbons (Fsp3) is 0.350. The van der Waals surface area contributed by atoms with E-state index in [0.717, 1.165) is 17.5 Å². The largest absolute Gasteiger partial charge is 0.197 e. The SMILES string of the molecule is CCCCCCc1ccc(C(C#N)c2ccccc2)c(Cl)c1. The number of unbranched alkanes of at least 4 members (excludes halogenated alkanes) is 3. The van der Waals surface area contributed by atoms with Gasteiger partial charge in [-0.15, -0.1) is 0 Å². The van der Waals surface area contributed by atoms with Gasteiger partial charge in [0.15, 0.2) is 0 Å². The Bertz CT molecular complexity index is 628. The summed E-state index contributed by atoms with van der Waals surface area (Å²) in [6.45, 7) is 2.22. The topological polar surface area (TPSA) is 23.8 Å². The zero-order chi connectivity index (χ0) is 15.8. The summed E-state index contributed by atoms with van der Waals surface area (Å²) in [6.07, 6.45) is 6.06. The van der Waals surface area contributed by atoms with Crippen molar-refractivity contribution in [1.29, 1.82) is 5.26 Å². The molecule has 0 aliphatic carbocycles. The predicted octanol–water partition coefficient (Wildman–Crippen LogP) is 6.12. The second-order valence-electron chi connectivity index (χ2n) is 5.64. The third-order valence-corrected chi connectivity index (χ3v) is 4.28. The van der Waals surface area contributed by atoms with E-state index in [4.69, 9.17) is 11.6 Å². The van der Waals surface area contributed by atoms with E-state index in [1.54, 1.807) is 0 Å². The summed E-state index contributed by atoms with van der Waals surface area (Å²) in [5.41, 5.74) is 3.14. The molecule has 2 aromatic rings. The van der Waals surface area contributed by atoms with E-state index in [9.17, 15) is 5.26 Å². The van der Waals surface area contributed by atoms with E-state index >= 15 is 0 Å². The first-order valence-corrected chi connectivity index (χ1v) is 8.37. The first kappa shape index (κ1) is 16.6. The standard InChI is InChI=1S/C20H22ClN/c1-2-3-4-6-9-16-12-13-18(20(21)14-16)19(15-22)17-10-7-5-8-11-17/h5,7-8,10-14,19H,2-4,6,9H2,1H3. The molecule has 0 bridgehead atoms. The molecule has 0 heterocycles. The van der Waals surface area contributed by atoms with Gasteiger partial charge in [0, 0.05) is 5.02 Å². The number of halogens is 1. The van der Waals surface area contributed by atoms with Crippen molar-refractivity contribution in [2.75, 3.05) is 0 Å². The highest BCUT2D eigenvalue weighted by molar-refractivity contribution is 6.31. The van der Waals surface area contributed by atoms with Crippen LogP contribution >= 0.6 is 11.6 Å². The maximum Gasteiger partial charge on any atom is 0.0977 e. The molecular formula is C20H22ClN. The molecular weight excluding hydrogens is 290 g/mol. The van der Waals surface area contributed by atoms with E-state index in [1.807, 2.05) is 42.5 Å². The summed E-state index contributed by atoms with van der Waals surface area (Å²) in [5, 5.41) is 10.2. The van der Waals surface area contributed by atoms with Crippen molar-refractivity contribution in [3.8, 4) is 6.07 Å². The molecule has 0 aromatic heterocycles. The molecule has 0 spiro atoms. The molecule has 0 fully saturated rings. The van der Waals surface area contributed by atoms with Gasteiger partial charge in [0.05, 0.1) is 12.0 Å². The summed E-state index contributed by atoms with van der Waals surface area (Å²) in [5.74, 6) is -0.303. The van der Waals surface area contributed by atoms with Gasteiger partial charge >= 0.3 is 0 Å². The van der Waals surface area contributed by atoms with Crippen LogP contribution < -0.4 is 0 Å². The Morgan fingerprint density at radius 2 is 1.82 bits per heavy atom. The van der Waals surface area contributed by atoms with Crippen LogP contribution in [0.25, 0.3) is 0 Å². The molecule has 2 heteroatoms. The van der Waals surface area contributed by atoms with Gasteiger partial charge in [-0.2, -0.15) is 5.26 Å². The van der Waals surface area contributed by atoms with Gasteiger partial charge in [0.2, 0.25) is 0 Å². The number of nitriles is 1. The van der Waals surface area contributed by atoms with Crippen LogP contribution in [0.15, 0.2) is 48.5 Å². The molecule has 0 N–H and O–H groups in total. The predicted molar refractivity (Wildman–Crippen MR) is 93.2 cm³/mol. The van der Waals surface area contributed by atoms with Crippen molar-refractivity contribution in [3.05, 3.63) is 70.2 Å². The Morgan fingerprint density at radius 1 is 1.05 bits per heavy atom. The monoisotopic (exact) mass is 311 g/mol. The van der Waals surface area contributed by atoms with Crippen LogP contribution in [0, 0.1) is 11.3 Å². The molecule has 0 radical (unpaired) electrons. The Morgan fingerprint density at radius 3 is 2.45 bits per heavy atom. The lowest BCUT2D eigenvalue weighted by Gasteiger charge is -2.13. The number of hydrogen-bond donors (Lipinski definition) is 0.